The standard InChI is InChI=1S/C7H11F4NO2/c1-14-4-2-3-12-6(13)7(10,11)5(8)9/h5H,2-4H2,1H3,(H,12,13). The highest BCUT2D eigenvalue weighted by atomic mass is 19.3. The van der Waals surface area contributed by atoms with Crippen molar-refractivity contribution in [1.82, 2.24) is 5.32 Å². The summed E-state index contributed by atoms with van der Waals surface area (Å²) in [5.41, 5.74) is 0. The van der Waals surface area contributed by atoms with Crippen LogP contribution in [0.5, 0.6) is 0 Å². The van der Waals surface area contributed by atoms with Crippen LogP contribution in [0.1, 0.15) is 6.42 Å². The third-order valence-electron chi connectivity index (χ3n) is 1.39. The fourth-order valence-electron chi connectivity index (χ4n) is 0.635. The van der Waals surface area contributed by atoms with Crippen molar-refractivity contribution < 1.29 is 27.1 Å². The number of halogens is 4. The molecule has 7 heteroatoms. The summed E-state index contributed by atoms with van der Waals surface area (Å²) in [6.07, 6.45) is -3.69. The zero-order chi connectivity index (χ0) is 11.2. The third-order valence-corrected chi connectivity index (χ3v) is 1.39. The van der Waals surface area contributed by atoms with Crippen LogP contribution in [0.25, 0.3) is 0 Å². The van der Waals surface area contributed by atoms with E-state index < -0.39 is 18.3 Å². The van der Waals surface area contributed by atoms with Crippen LogP contribution in [0.15, 0.2) is 0 Å². The number of alkyl halides is 4. The van der Waals surface area contributed by atoms with E-state index in [1.807, 2.05) is 0 Å². The van der Waals surface area contributed by atoms with E-state index in [1.165, 1.54) is 7.11 Å². The average Bonchev–Trinajstić information content (AvgIpc) is 2.11. The second-order valence-corrected chi connectivity index (χ2v) is 2.53. The van der Waals surface area contributed by atoms with Crippen LogP contribution in [0.3, 0.4) is 0 Å². The Bertz CT molecular complexity index is 187. The zero-order valence-corrected chi connectivity index (χ0v) is 7.53. The molecule has 0 saturated carbocycles. The van der Waals surface area contributed by atoms with Gasteiger partial charge >= 0.3 is 12.3 Å². The van der Waals surface area contributed by atoms with Gasteiger partial charge in [0.05, 0.1) is 0 Å². The lowest BCUT2D eigenvalue weighted by molar-refractivity contribution is -0.169. The molecule has 1 amide bonds. The highest BCUT2D eigenvalue weighted by Gasteiger charge is 2.48. The topological polar surface area (TPSA) is 38.3 Å². The van der Waals surface area contributed by atoms with E-state index in [1.54, 1.807) is 5.32 Å². The van der Waals surface area contributed by atoms with Gasteiger partial charge in [-0.05, 0) is 6.42 Å². The lowest BCUT2D eigenvalue weighted by Gasteiger charge is -2.14. The smallest absolute Gasteiger partial charge is 0.383 e. The first-order valence-corrected chi connectivity index (χ1v) is 3.86. The Hall–Kier alpha value is -0.850. The Morgan fingerprint density at radius 1 is 1.50 bits per heavy atom. The molecule has 0 aliphatic carbocycles. The highest BCUT2D eigenvalue weighted by Crippen LogP contribution is 2.22. The summed E-state index contributed by atoms with van der Waals surface area (Å²) < 4.78 is 52.3. The molecular formula is C7H11F4NO2. The van der Waals surface area contributed by atoms with Crippen LogP contribution in [0.2, 0.25) is 0 Å². The number of carbonyl (C=O) groups excluding carboxylic acids is 1. The second kappa shape index (κ2) is 5.79. The highest BCUT2D eigenvalue weighted by molar-refractivity contribution is 5.83. The van der Waals surface area contributed by atoms with E-state index in [0.29, 0.717) is 6.42 Å². The van der Waals surface area contributed by atoms with Gasteiger partial charge < -0.3 is 10.1 Å². The fourth-order valence-corrected chi connectivity index (χ4v) is 0.635. The predicted molar refractivity (Wildman–Crippen MR) is 40.5 cm³/mol. The van der Waals surface area contributed by atoms with E-state index in [4.69, 9.17) is 0 Å². The summed E-state index contributed by atoms with van der Waals surface area (Å²) in [7, 11) is 1.40. The molecule has 0 unspecified atom stereocenters. The summed E-state index contributed by atoms with van der Waals surface area (Å²) in [5, 5.41) is 1.69. The Balaban J connectivity index is 3.84. The molecule has 0 aromatic carbocycles. The number of amides is 1. The van der Waals surface area contributed by atoms with Crippen LogP contribution in [0.4, 0.5) is 17.6 Å². The van der Waals surface area contributed by atoms with Gasteiger partial charge in [-0.3, -0.25) is 4.79 Å². The molecule has 0 aromatic rings. The first-order chi connectivity index (χ1) is 6.42. The molecule has 0 aromatic heterocycles. The Morgan fingerprint density at radius 2 is 2.07 bits per heavy atom. The van der Waals surface area contributed by atoms with Crippen molar-refractivity contribution in [2.24, 2.45) is 0 Å². The van der Waals surface area contributed by atoms with Crippen molar-refractivity contribution in [2.45, 2.75) is 18.8 Å². The summed E-state index contributed by atoms with van der Waals surface area (Å²) in [6.45, 7) is 0.148. The number of methoxy groups -OCH3 is 1. The van der Waals surface area contributed by atoms with E-state index >= 15 is 0 Å². The first kappa shape index (κ1) is 13.2. The van der Waals surface area contributed by atoms with Crippen molar-refractivity contribution in [3.8, 4) is 0 Å². The van der Waals surface area contributed by atoms with Gasteiger partial charge in [0, 0.05) is 20.3 Å². The van der Waals surface area contributed by atoms with Crippen LogP contribution < -0.4 is 5.32 Å². The number of hydrogen-bond donors (Lipinski definition) is 1. The SMILES string of the molecule is COCCCNC(=O)C(F)(F)C(F)F. The van der Waals surface area contributed by atoms with E-state index in [9.17, 15) is 22.4 Å². The van der Waals surface area contributed by atoms with Gasteiger partial charge in [0.25, 0.3) is 5.91 Å². The van der Waals surface area contributed by atoms with Crippen molar-refractivity contribution in [3.63, 3.8) is 0 Å². The molecule has 84 valence electrons. The van der Waals surface area contributed by atoms with Gasteiger partial charge in [0.2, 0.25) is 0 Å². The van der Waals surface area contributed by atoms with Crippen LogP contribution >= 0.6 is 0 Å². The molecule has 0 rings (SSSR count). The largest absolute Gasteiger partial charge is 0.385 e. The Kier molecular flexibility index (Phi) is 5.44. The molecule has 1 N–H and O–H groups in total. The van der Waals surface area contributed by atoms with Gasteiger partial charge in [-0.1, -0.05) is 0 Å². The number of hydrogen-bond acceptors (Lipinski definition) is 2. The van der Waals surface area contributed by atoms with Gasteiger partial charge in [-0.25, -0.2) is 8.78 Å². The van der Waals surface area contributed by atoms with Crippen LogP contribution in [-0.4, -0.2) is 38.5 Å². The summed E-state index contributed by atoms with van der Waals surface area (Å²) in [6, 6.07) is 0. The van der Waals surface area contributed by atoms with Crippen LogP contribution in [0, 0.1) is 0 Å². The molecule has 3 nitrogen and oxygen atoms in total. The maximum atomic E-state index is 12.3. The minimum absolute atomic E-state index is 0.116. The van der Waals surface area contributed by atoms with E-state index in [-0.39, 0.29) is 13.2 Å². The first-order valence-electron chi connectivity index (χ1n) is 3.86. The number of carbonyl (C=O) groups is 1. The quantitative estimate of drug-likeness (QED) is 0.533. The molecule has 0 heterocycles. The molecule has 0 radical (unpaired) electrons. The predicted octanol–water partition coefficient (Wildman–Crippen LogP) is 1.04. The van der Waals surface area contributed by atoms with Gasteiger partial charge in [-0.15, -0.1) is 0 Å². The maximum Gasteiger partial charge on any atom is 0.383 e. The zero-order valence-electron chi connectivity index (χ0n) is 7.53. The van der Waals surface area contributed by atoms with Crippen molar-refractivity contribution in [3.05, 3.63) is 0 Å². The molecule has 0 atom stereocenters. The lowest BCUT2D eigenvalue weighted by atomic mass is 10.3. The van der Waals surface area contributed by atoms with E-state index in [2.05, 4.69) is 4.74 Å². The number of nitrogens with one attached hydrogen (secondary N) is 1. The lowest BCUT2D eigenvalue weighted by Crippen LogP contribution is -2.45. The van der Waals surface area contributed by atoms with Crippen molar-refractivity contribution in [2.75, 3.05) is 20.3 Å². The number of rotatable bonds is 6. The van der Waals surface area contributed by atoms with E-state index in [0.717, 1.165) is 0 Å². The summed E-state index contributed by atoms with van der Waals surface area (Å²) >= 11 is 0. The maximum absolute atomic E-state index is 12.3. The molecule has 0 bridgehead atoms. The molecule has 0 spiro atoms. The Labute approximate surface area is 78.4 Å². The van der Waals surface area contributed by atoms with Crippen molar-refractivity contribution >= 4 is 5.91 Å². The Morgan fingerprint density at radius 3 is 2.50 bits per heavy atom. The van der Waals surface area contributed by atoms with Gasteiger partial charge in [-0.2, -0.15) is 8.78 Å². The number of ether oxygens (including phenoxy) is 1. The molecule has 0 saturated heterocycles. The minimum atomic E-state index is -4.62. The minimum Gasteiger partial charge on any atom is -0.385 e. The molecule has 0 aliphatic heterocycles. The molecule has 0 aliphatic rings. The van der Waals surface area contributed by atoms with Crippen LogP contribution in [-0.2, 0) is 9.53 Å². The summed E-state index contributed by atoms with van der Waals surface area (Å²) in [4.78, 5) is 10.5. The normalized spacial score (nSPS) is 11.9. The van der Waals surface area contributed by atoms with Crippen molar-refractivity contribution in [1.29, 1.82) is 0 Å². The monoisotopic (exact) mass is 217 g/mol. The fraction of sp³-hybridized carbons (Fsp3) is 0.857. The van der Waals surface area contributed by atoms with Gasteiger partial charge in [0.1, 0.15) is 0 Å². The summed E-state index contributed by atoms with van der Waals surface area (Å²) in [5.74, 6) is -6.57. The molecule has 14 heavy (non-hydrogen) atoms. The van der Waals surface area contributed by atoms with Gasteiger partial charge in [0.15, 0.2) is 0 Å². The average molecular weight is 217 g/mol. The molecular weight excluding hydrogens is 206 g/mol. The molecule has 0 fully saturated rings. The second-order valence-electron chi connectivity index (χ2n) is 2.53. The third kappa shape index (κ3) is 3.91.